The third-order valence-electron chi connectivity index (χ3n) is 3.18. The lowest BCUT2D eigenvalue weighted by Gasteiger charge is -2.17. The number of carbonyl (C=O) groups is 1. The predicted octanol–water partition coefficient (Wildman–Crippen LogP) is 1.26. The Hall–Kier alpha value is -1.74. The average molecular weight is 321 g/mol. The molecule has 2 N–H and O–H groups in total. The van der Waals surface area contributed by atoms with Crippen molar-refractivity contribution in [3.8, 4) is 5.75 Å². The van der Waals surface area contributed by atoms with Crippen molar-refractivity contribution in [2.75, 3.05) is 7.11 Å². The molecule has 2 rings (SSSR count). The first-order valence-electron chi connectivity index (χ1n) is 5.98. The smallest absolute Gasteiger partial charge is 0.305 e. The van der Waals surface area contributed by atoms with Gasteiger partial charge in [-0.2, -0.15) is 0 Å². The topological polar surface area (TPSA) is 92.7 Å². The van der Waals surface area contributed by atoms with Crippen molar-refractivity contribution in [2.24, 2.45) is 0 Å². The first-order chi connectivity index (χ1) is 9.71. The summed E-state index contributed by atoms with van der Waals surface area (Å²) in [6, 6.07) is 1.42. The highest BCUT2D eigenvalue weighted by molar-refractivity contribution is 7.89. The fourth-order valence-corrected chi connectivity index (χ4v) is 3.74. The summed E-state index contributed by atoms with van der Waals surface area (Å²) in [7, 11) is -3.44. The zero-order valence-corrected chi connectivity index (χ0v) is 11.8. The SMILES string of the molecule is COc1c(F)ccc(F)c1S(=O)(=O)NC1(CC(=O)O)CC1. The molecule has 0 atom stereocenters. The van der Waals surface area contributed by atoms with Crippen molar-refractivity contribution < 1.29 is 31.8 Å². The number of hydrogen-bond donors (Lipinski definition) is 2. The standard InChI is InChI=1S/C12H13F2NO5S/c1-20-10-7(13)2-3-8(14)11(10)21(18,19)15-12(4-5-12)6-9(16)17/h2-3,15H,4-6H2,1H3,(H,16,17). The van der Waals surface area contributed by atoms with Gasteiger partial charge in [0.1, 0.15) is 5.82 Å². The van der Waals surface area contributed by atoms with Crippen LogP contribution in [0.15, 0.2) is 17.0 Å². The van der Waals surface area contributed by atoms with E-state index in [1.54, 1.807) is 0 Å². The molecule has 116 valence electrons. The highest BCUT2D eigenvalue weighted by Gasteiger charge is 2.48. The van der Waals surface area contributed by atoms with Crippen molar-refractivity contribution in [1.82, 2.24) is 4.72 Å². The second-order valence-corrected chi connectivity index (χ2v) is 6.47. The largest absolute Gasteiger partial charge is 0.492 e. The Morgan fingerprint density at radius 1 is 1.38 bits per heavy atom. The van der Waals surface area contributed by atoms with Gasteiger partial charge in [0, 0.05) is 5.54 Å². The molecule has 1 fully saturated rings. The number of carboxylic acid groups (broad SMARTS) is 1. The highest BCUT2D eigenvalue weighted by atomic mass is 32.2. The molecule has 1 aliphatic carbocycles. The number of carboxylic acids is 1. The number of nitrogens with one attached hydrogen (secondary N) is 1. The van der Waals surface area contributed by atoms with Crippen LogP contribution >= 0.6 is 0 Å². The van der Waals surface area contributed by atoms with E-state index in [0.29, 0.717) is 18.9 Å². The van der Waals surface area contributed by atoms with Crippen LogP contribution in [0, 0.1) is 11.6 Å². The van der Waals surface area contributed by atoms with Crippen molar-refractivity contribution in [1.29, 1.82) is 0 Å². The van der Waals surface area contributed by atoms with Crippen LogP contribution in [0.2, 0.25) is 0 Å². The lowest BCUT2D eigenvalue weighted by Crippen LogP contribution is -2.39. The van der Waals surface area contributed by atoms with E-state index in [9.17, 15) is 22.0 Å². The Labute approximate surface area is 119 Å². The molecule has 1 aliphatic rings. The maximum absolute atomic E-state index is 13.8. The molecular formula is C12H13F2NO5S. The minimum absolute atomic E-state index is 0.317. The summed E-state index contributed by atoms with van der Waals surface area (Å²) in [5.74, 6) is -4.12. The number of aliphatic carboxylic acids is 1. The van der Waals surface area contributed by atoms with Crippen LogP contribution in [-0.4, -0.2) is 32.1 Å². The van der Waals surface area contributed by atoms with E-state index in [1.165, 1.54) is 0 Å². The quantitative estimate of drug-likeness (QED) is 0.823. The van der Waals surface area contributed by atoms with Crippen molar-refractivity contribution in [3.05, 3.63) is 23.8 Å². The van der Waals surface area contributed by atoms with Crippen LogP contribution in [0.5, 0.6) is 5.75 Å². The summed E-state index contributed by atoms with van der Waals surface area (Å²) in [6.45, 7) is 0. The van der Waals surface area contributed by atoms with Crippen LogP contribution in [0.3, 0.4) is 0 Å². The Bertz CT molecular complexity index is 685. The highest BCUT2D eigenvalue weighted by Crippen LogP contribution is 2.41. The lowest BCUT2D eigenvalue weighted by atomic mass is 10.2. The van der Waals surface area contributed by atoms with E-state index in [0.717, 1.165) is 13.2 Å². The minimum atomic E-state index is -4.45. The molecule has 0 amide bonds. The molecule has 21 heavy (non-hydrogen) atoms. The minimum Gasteiger partial charge on any atom is -0.492 e. The second kappa shape index (κ2) is 5.23. The number of hydrogen-bond acceptors (Lipinski definition) is 4. The van der Waals surface area contributed by atoms with E-state index in [4.69, 9.17) is 5.11 Å². The molecule has 0 saturated heterocycles. The zero-order chi connectivity index (χ0) is 15.8. The van der Waals surface area contributed by atoms with Gasteiger partial charge in [-0.25, -0.2) is 21.9 Å². The fraction of sp³-hybridized carbons (Fsp3) is 0.417. The maximum atomic E-state index is 13.8. The van der Waals surface area contributed by atoms with Gasteiger partial charge in [0.25, 0.3) is 0 Å². The molecule has 0 aliphatic heterocycles. The van der Waals surface area contributed by atoms with Crippen LogP contribution < -0.4 is 9.46 Å². The van der Waals surface area contributed by atoms with E-state index in [1.807, 2.05) is 0 Å². The van der Waals surface area contributed by atoms with E-state index in [2.05, 4.69) is 9.46 Å². The molecule has 0 unspecified atom stereocenters. The molecule has 0 aromatic heterocycles. The van der Waals surface area contributed by atoms with Gasteiger partial charge in [-0.15, -0.1) is 0 Å². The Kier molecular flexibility index (Phi) is 3.89. The van der Waals surface area contributed by atoms with Gasteiger partial charge in [-0.1, -0.05) is 0 Å². The lowest BCUT2D eigenvalue weighted by molar-refractivity contribution is -0.137. The molecular weight excluding hydrogens is 308 g/mol. The Balaban J connectivity index is 2.41. The molecule has 0 bridgehead atoms. The van der Waals surface area contributed by atoms with Gasteiger partial charge in [-0.3, -0.25) is 4.79 Å². The van der Waals surface area contributed by atoms with E-state index in [-0.39, 0.29) is 0 Å². The summed E-state index contributed by atoms with van der Waals surface area (Å²) in [5, 5.41) is 8.76. The van der Waals surface area contributed by atoms with Crippen molar-refractivity contribution >= 4 is 16.0 Å². The molecule has 1 aromatic rings. The van der Waals surface area contributed by atoms with Crippen LogP contribution in [0.4, 0.5) is 8.78 Å². The normalized spacial score (nSPS) is 16.5. The predicted molar refractivity (Wildman–Crippen MR) is 67.4 cm³/mol. The monoisotopic (exact) mass is 321 g/mol. The fourth-order valence-electron chi connectivity index (χ4n) is 2.05. The molecule has 9 heteroatoms. The molecule has 1 saturated carbocycles. The number of methoxy groups -OCH3 is 1. The molecule has 0 radical (unpaired) electrons. The molecule has 0 spiro atoms. The molecule has 0 heterocycles. The summed E-state index contributed by atoms with van der Waals surface area (Å²) in [5.41, 5.74) is -1.14. The molecule has 1 aromatic carbocycles. The van der Waals surface area contributed by atoms with Gasteiger partial charge >= 0.3 is 5.97 Å². The second-order valence-electron chi connectivity index (χ2n) is 4.85. The van der Waals surface area contributed by atoms with Gasteiger partial charge in [-0.05, 0) is 25.0 Å². The molecule has 6 nitrogen and oxygen atoms in total. The van der Waals surface area contributed by atoms with Gasteiger partial charge in [0.15, 0.2) is 16.5 Å². The first-order valence-corrected chi connectivity index (χ1v) is 7.47. The average Bonchev–Trinajstić information content (AvgIpc) is 3.08. The zero-order valence-electron chi connectivity index (χ0n) is 11.0. The third-order valence-corrected chi connectivity index (χ3v) is 4.80. The van der Waals surface area contributed by atoms with Crippen LogP contribution in [-0.2, 0) is 14.8 Å². The summed E-state index contributed by atoms with van der Waals surface area (Å²) in [4.78, 5) is 9.77. The van der Waals surface area contributed by atoms with Crippen molar-refractivity contribution in [3.63, 3.8) is 0 Å². The van der Waals surface area contributed by atoms with Gasteiger partial charge in [0.2, 0.25) is 10.0 Å². The first kappa shape index (κ1) is 15.6. The number of benzene rings is 1. The van der Waals surface area contributed by atoms with Crippen LogP contribution in [0.1, 0.15) is 19.3 Å². The number of ether oxygens (including phenoxy) is 1. The maximum Gasteiger partial charge on any atom is 0.305 e. The summed E-state index contributed by atoms with van der Waals surface area (Å²) < 4.78 is 58.5. The number of rotatable bonds is 6. The Morgan fingerprint density at radius 3 is 2.43 bits per heavy atom. The Morgan fingerprint density at radius 2 is 1.95 bits per heavy atom. The van der Waals surface area contributed by atoms with E-state index < -0.39 is 50.2 Å². The van der Waals surface area contributed by atoms with Gasteiger partial charge < -0.3 is 9.84 Å². The third kappa shape index (κ3) is 3.13. The summed E-state index contributed by atoms with van der Waals surface area (Å²) >= 11 is 0. The number of sulfonamides is 1. The summed E-state index contributed by atoms with van der Waals surface area (Å²) in [6.07, 6.45) is 0.209. The van der Waals surface area contributed by atoms with Gasteiger partial charge in [0.05, 0.1) is 13.5 Å². The van der Waals surface area contributed by atoms with Crippen molar-refractivity contribution in [2.45, 2.75) is 29.7 Å². The van der Waals surface area contributed by atoms with Crippen LogP contribution in [0.25, 0.3) is 0 Å². The van der Waals surface area contributed by atoms with E-state index >= 15 is 0 Å². The number of halogens is 2.